The lowest BCUT2D eigenvalue weighted by molar-refractivity contribution is -0.254. The van der Waals surface area contributed by atoms with Gasteiger partial charge in [-0.1, -0.05) is 85.0 Å². The smallest absolute Gasteiger partial charge is 0.372 e. The van der Waals surface area contributed by atoms with Crippen LogP contribution in [0.5, 0.6) is 0 Å². The van der Waals surface area contributed by atoms with Crippen molar-refractivity contribution in [2.75, 3.05) is 18.0 Å². The first-order valence-corrected chi connectivity index (χ1v) is 18.3. The molecule has 1 aliphatic carbocycles. The van der Waals surface area contributed by atoms with Gasteiger partial charge in [0, 0.05) is 79.7 Å². The lowest BCUT2D eigenvalue weighted by atomic mass is 9.91. The summed E-state index contributed by atoms with van der Waals surface area (Å²) in [6, 6.07) is 27.8. The Hall–Kier alpha value is -5.02. The van der Waals surface area contributed by atoms with E-state index in [9.17, 15) is 0 Å². The highest BCUT2D eigenvalue weighted by molar-refractivity contribution is 7.19. The van der Waals surface area contributed by atoms with Crippen LogP contribution in [-0.4, -0.2) is 35.4 Å². The molecule has 53 heavy (non-hydrogen) atoms. The van der Waals surface area contributed by atoms with Crippen molar-refractivity contribution in [2.45, 2.75) is 45.5 Å². The van der Waals surface area contributed by atoms with Crippen molar-refractivity contribution in [1.82, 2.24) is 4.57 Å². The lowest BCUT2D eigenvalue weighted by Crippen LogP contribution is -2.49. The molecular formula is C44H38F6N2S. The van der Waals surface area contributed by atoms with Gasteiger partial charge in [0.25, 0.3) is 0 Å². The Morgan fingerprint density at radius 2 is 1.11 bits per heavy atom. The van der Waals surface area contributed by atoms with E-state index in [4.69, 9.17) is 0 Å². The minimum Gasteiger partial charge on any atom is -0.372 e. The van der Waals surface area contributed by atoms with E-state index >= 15 is 26.3 Å². The number of hydrogen-bond donors (Lipinski definition) is 0. The predicted octanol–water partition coefficient (Wildman–Crippen LogP) is 13.0. The minimum atomic E-state index is -5.65. The molecule has 0 bridgehead atoms. The SMILES string of the molecule is CCN(CC)c1ccc(/C=C/c2ccc(/C=C/c3ccc4c(c3)c(C3=C(c5c(C)sc6ccccc56)C(F)(F)C(F)(F)C3(F)F)c(C)n4C)cc2)cc1. The number of benzene rings is 4. The maximum absolute atomic E-state index is 16.1. The zero-order chi connectivity index (χ0) is 37.9. The molecule has 2 heterocycles. The fourth-order valence-electron chi connectivity index (χ4n) is 7.36. The summed E-state index contributed by atoms with van der Waals surface area (Å²) in [4.78, 5) is 2.55. The van der Waals surface area contributed by atoms with Gasteiger partial charge in [-0.05, 0) is 80.3 Å². The van der Waals surface area contributed by atoms with Crippen molar-refractivity contribution in [1.29, 1.82) is 0 Å². The average molecular weight is 741 g/mol. The third kappa shape index (κ3) is 5.89. The van der Waals surface area contributed by atoms with Gasteiger partial charge in [0.15, 0.2) is 0 Å². The standard InChI is InChI=1S/C44H38F6N2S/c1-6-52(7-2)33-23-20-31(21-24-33)17-16-29-12-14-30(15-13-29)18-19-32-22-25-36-35(26-32)38(27(3)51(36)5)40-41(43(47,48)44(49,50)42(40,45)46)39-28(4)53-37-11-9-8-10-34(37)39/h8-26H,6-7H2,1-5H3/b17-16+,19-18+. The van der Waals surface area contributed by atoms with Crippen LogP contribution in [0.1, 0.15) is 57.8 Å². The van der Waals surface area contributed by atoms with Crippen molar-refractivity contribution in [3.8, 4) is 0 Å². The number of halogens is 6. The Balaban J connectivity index is 1.25. The van der Waals surface area contributed by atoms with Crippen LogP contribution < -0.4 is 4.90 Å². The Morgan fingerprint density at radius 3 is 1.68 bits per heavy atom. The van der Waals surface area contributed by atoms with Crippen molar-refractivity contribution < 1.29 is 26.3 Å². The quantitative estimate of drug-likeness (QED) is 0.106. The molecule has 272 valence electrons. The molecule has 9 heteroatoms. The molecule has 0 N–H and O–H groups in total. The van der Waals surface area contributed by atoms with E-state index in [1.54, 1.807) is 54.1 Å². The van der Waals surface area contributed by atoms with Crippen LogP contribution >= 0.6 is 11.3 Å². The zero-order valence-corrected chi connectivity index (χ0v) is 30.8. The molecule has 0 atom stereocenters. The second-order valence-electron chi connectivity index (χ2n) is 13.4. The number of aryl methyl sites for hydroxylation is 2. The zero-order valence-electron chi connectivity index (χ0n) is 30.0. The van der Waals surface area contributed by atoms with E-state index in [0.29, 0.717) is 15.8 Å². The van der Waals surface area contributed by atoms with Gasteiger partial charge in [-0.15, -0.1) is 11.3 Å². The number of hydrogen-bond acceptors (Lipinski definition) is 2. The lowest BCUT2D eigenvalue weighted by Gasteiger charge is -2.26. The summed E-state index contributed by atoms with van der Waals surface area (Å²) in [6.07, 6.45) is 7.72. The maximum atomic E-state index is 16.1. The van der Waals surface area contributed by atoms with E-state index in [1.807, 2.05) is 42.5 Å². The molecule has 0 aliphatic heterocycles. The first kappa shape index (κ1) is 36.3. The van der Waals surface area contributed by atoms with Gasteiger partial charge in [0.1, 0.15) is 0 Å². The first-order chi connectivity index (χ1) is 25.2. The van der Waals surface area contributed by atoms with Gasteiger partial charge in [-0.3, -0.25) is 0 Å². The summed E-state index contributed by atoms with van der Waals surface area (Å²) in [5, 5.41) is 0.429. The van der Waals surface area contributed by atoms with Crippen molar-refractivity contribution in [2.24, 2.45) is 7.05 Å². The number of allylic oxidation sites excluding steroid dienone is 2. The normalized spacial score (nSPS) is 16.6. The van der Waals surface area contributed by atoms with E-state index < -0.39 is 28.9 Å². The van der Waals surface area contributed by atoms with Gasteiger partial charge in [-0.2, -0.15) is 26.3 Å². The number of aromatic nitrogens is 1. The van der Waals surface area contributed by atoms with Gasteiger partial charge in [-0.25, -0.2) is 0 Å². The van der Waals surface area contributed by atoms with E-state index in [1.165, 1.54) is 25.6 Å². The Morgan fingerprint density at radius 1 is 0.623 bits per heavy atom. The van der Waals surface area contributed by atoms with Crippen LogP contribution in [0.4, 0.5) is 32.0 Å². The summed E-state index contributed by atoms with van der Waals surface area (Å²) in [7, 11) is 1.61. The number of nitrogens with zero attached hydrogens (tertiary/aromatic N) is 2. The second-order valence-corrected chi connectivity index (χ2v) is 14.7. The maximum Gasteiger partial charge on any atom is 0.380 e. The number of anilines is 1. The summed E-state index contributed by atoms with van der Waals surface area (Å²) < 4.78 is 97.0. The Labute approximate surface area is 309 Å². The minimum absolute atomic E-state index is 0.183. The van der Waals surface area contributed by atoms with Crippen LogP contribution in [-0.2, 0) is 7.05 Å². The molecule has 1 aliphatic rings. The number of rotatable bonds is 9. The summed E-state index contributed by atoms with van der Waals surface area (Å²) in [5.41, 5.74) is 2.18. The van der Waals surface area contributed by atoms with Crippen LogP contribution in [0.25, 0.3) is 56.4 Å². The van der Waals surface area contributed by atoms with Crippen molar-refractivity contribution in [3.05, 3.63) is 135 Å². The highest BCUT2D eigenvalue weighted by atomic mass is 32.1. The molecule has 0 fully saturated rings. The van der Waals surface area contributed by atoms with Gasteiger partial charge in [0.05, 0.1) is 0 Å². The summed E-state index contributed by atoms with van der Waals surface area (Å²) >= 11 is 1.11. The van der Waals surface area contributed by atoms with Crippen LogP contribution in [0, 0.1) is 13.8 Å². The van der Waals surface area contributed by atoms with Gasteiger partial charge >= 0.3 is 17.8 Å². The highest BCUT2D eigenvalue weighted by Gasteiger charge is 2.80. The first-order valence-electron chi connectivity index (χ1n) is 17.5. The molecule has 0 radical (unpaired) electrons. The molecule has 0 amide bonds. The Kier molecular flexibility index (Phi) is 9.21. The van der Waals surface area contributed by atoms with Crippen LogP contribution in [0.3, 0.4) is 0 Å². The summed E-state index contributed by atoms with van der Waals surface area (Å²) in [5.74, 6) is -15.9. The number of alkyl halides is 6. The molecule has 0 spiro atoms. The largest absolute Gasteiger partial charge is 0.380 e. The molecule has 0 saturated carbocycles. The molecule has 2 aromatic heterocycles. The monoisotopic (exact) mass is 740 g/mol. The van der Waals surface area contributed by atoms with Crippen LogP contribution in [0.2, 0.25) is 0 Å². The molecule has 0 saturated heterocycles. The predicted molar refractivity (Wildman–Crippen MR) is 210 cm³/mol. The van der Waals surface area contributed by atoms with Gasteiger partial charge in [0.2, 0.25) is 0 Å². The Bertz CT molecular complexity index is 2420. The highest BCUT2D eigenvalue weighted by Crippen LogP contribution is 2.66. The fourth-order valence-corrected chi connectivity index (χ4v) is 8.44. The molecule has 6 aromatic rings. The van der Waals surface area contributed by atoms with Crippen molar-refractivity contribution >= 4 is 73.5 Å². The second kappa shape index (κ2) is 13.4. The fraction of sp³-hybridized carbons (Fsp3) is 0.227. The van der Waals surface area contributed by atoms with E-state index in [0.717, 1.165) is 41.1 Å². The van der Waals surface area contributed by atoms with Gasteiger partial charge < -0.3 is 9.47 Å². The molecule has 4 aromatic carbocycles. The van der Waals surface area contributed by atoms with E-state index in [-0.39, 0.29) is 32.5 Å². The number of thiophene rings is 1. The third-order valence-corrected chi connectivity index (χ3v) is 11.4. The number of fused-ring (bicyclic) bond motifs is 2. The summed E-state index contributed by atoms with van der Waals surface area (Å²) in [6.45, 7) is 9.16. The van der Waals surface area contributed by atoms with Crippen molar-refractivity contribution in [3.63, 3.8) is 0 Å². The topological polar surface area (TPSA) is 8.17 Å². The third-order valence-electron chi connectivity index (χ3n) is 10.3. The average Bonchev–Trinajstić information content (AvgIpc) is 3.63. The molecular weight excluding hydrogens is 703 g/mol. The molecule has 2 nitrogen and oxygen atoms in total. The molecule has 7 rings (SSSR count). The van der Waals surface area contributed by atoms with Crippen LogP contribution in [0.15, 0.2) is 91.0 Å². The molecule has 0 unspecified atom stereocenters. The van der Waals surface area contributed by atoms with E-state index in [2.05, 4.69) is 43.0 Å².